The van der Waals surface area contributed by atoms with E-state index in [0.717, 1.165) is 0 Å². The fourth-order valence-electron chi connectivity index (χ4n) is 7.98. The maximum absolute atomic E-state index is 2.83. The van der Waals surface area contributed by atoms with E-state index < -0.39 is 0 Å². The molecule has 2 aromatic rings. The zero-order valence-corrected chi connectivity index (χ0v) is 33.8. The van der Waals surface area contributed by atoms with Crippen LogP contribution in [0, 0.1) is 0 Å². The summed E-state index contributed by atoms with van der Waals surface area (Å²) in [4.78, 5) is 2.83. The van der Waals surface area contributed by atoms with E-state index in [0.29, 0.717) is 6.04 Å². The predicted octanol–water partition coefficient (Wildman–Crippen LogP) is 16.6. The molecule has 0 aromatic heterocycles. The first kappa shape index (κ1) is 44.6. The number of hydrogen-bond acceptors (Lipinski definition) is 1. The van der Waals surface area contributed by atoms with Gasteiger partial charge in [0.2, 0.25) is 0 Å². The van der Waals surface area contributed by atoms with Gasteiger partial charge in [-0.15, -0.1) is 0 Å². The summed E-state index contributed by atoms with van der Waals surface area (Å²) < 4.78 is 0. The van der Waals surface area contributed by atoms with Crippen LogP contribution in [0.25, 0.3) is 0 Å². The minimum atomic E-state index is 0.366. The molecule has 2 rings (SSSR count). The molecule has 0 spiro atoms. The van der Waals surface area contributed by atoms with Crippen molar-refractivity contribution in [3.8, 4) is 0 Å². The Kier molecular flexibility index (Phi) is 30.7. The van der Waals surface area contributed by atoms with Crippen LogP contribution in [0.2, 0.25) is 0 Å². The molecule has 286 valence electrons. The standard InChI is InChI=1S/C49H85N/c1-3-5-7-9-11-13-15-17-19-21-23-25-27-29-31-39-45-50(49(47-41-35-33-36-42-47)48-43-37-34-38-44-48)46-40-32-30-28-26-24-22-20-18-16-14-12-10-8-6-4-2/h33-38,41-44,49H,3-32,39-40,45-46H2,1-2H3. The summed E-state index contributed by atoms with van der Waals surface area (Å²) in [5.74, 6) is 0. The third kappa shape index (κ3) is 24.6. The SMILES string of the molecule is CCCCCCCCCCCCCCCCCCN(CCCCCCCCCCCCCCCCCC)C(c1ccccc1)c1ccccc1. The second-order valence-electron chi connectivity index (χ2n) is 15.9. The smallest absolute Gasteiger partial charge is 0.0601 e. The molecule has 0 aliphatic carbocycles. The van der Waals surface area contributed by atoms with Crippen molar-refractivity contribution in [2.75, 3.05) is 13.1 Å². The van der Waals surface area contributed by atoms with E-state index in [9.17, 15) is 0 Å². The molecule has 0 N–H and O–H groups in total. The van der Waals surface area contributed by atoms with Gasteiger partial charge in [-0.1, -0.05) is 267 Å². The van der Waals surface area contributed by atoms with Gasteiger partial charge in [-0.25, -0.2) is 0 Å². The summed E-state index contributed by atoms with van der Waals surface area (Å²) in [7, 11) is 0. The van der Waals surface area contributed by atoms with Crippen molar-refractivity contribution < 1.29 is 0 Å². The highest BCUT2D eigenvalue weighted by Crippen LogP contribution is 2.30. The van der Waals surface area contributed by atoms with Gasteiger partial charge in [-0.2, -0.15) is 0 Å². The van der Waals surface area contributed by atoms with E-state index in [4.69, 9.17) is 0 Å². The van der Waals surface area contributed by atoms with E-state index in [1.54, 1.807) is 0 Å². The van der Waals surface area contributed by atoms with Crippen LogP contribution in [0.3, 0.4) is 0 Å². The number of nitrogens with zero attached hydrogens (tertiary/aromatic N) is 1. The third-order valence-corrected chi connectivity index (χ3v) is 11.2. The lowest BCUT2D eigenvalue weighted by atomic mass is 9.96. The molecular formula is C49H85N. The number of benzene rings is 2. The second kappa shape index (κ2) is 34.5. The number of rotatable bonds is 37. The normalized spacial score (nSPS) is 11.7. The quantitative estimate of drug-likeness (QED) is 0.0639. The van der Waals surface area contributed by atoms with Gasteiger partial charge in [-0.05, 0) is 37.1 Å². The summed E-state index contributed by atoms with van der Waals surface area (Å²) in [5.41, 5.74) is 2.90. The van der Waals surface area contributed by atoms with E-state index in [1.165, 1.54) is 230 Å². The summed E-state index contributed by atoms with van der Waals surface area (Å²) in [6.07, 6.45) is 45.9. The van der Waals surface area contributed by atoms with Crippen LogP contribution in [0.5, 0.6) is 0 Å². The molecule has 0 heterocycles. The Hall–Kier alpha value is -1.60. The zero-order valence-electron chi connectivity index (χ0n) is 33.8. The Morgan fingerprint density at radius 3 is 0.760 bits per heavy atom. The molecule has 0 unspecified atom stereocenters. The van der Waals surface area contributed by atoms with Gasteiger partial charge in [0.15, 0.2) is 0 Å². The molecule has 0 amide bonds. The van der Waals surface area contributed by atoms with Gasteiger partial charge in [0.1, 0.15) is 0 Å². The molecule has 0 aliphatic rings. The largest absolute Gasteiger partial charge is 0.292 e. The van der Waals surface area contributed by atoms with Crippen LogP contribution in [-0.4, -0.2) is 18.0 Å². The highest BCUT2D eigenvalue weighted by molar-refractivity contribution is 5.31. The number of hydrogen-bond donors (Lipinski definition) is 0. The van der Waals surface area contributed by atoms with Crippen LogP contribution >= 0.6 is 0 Å². The summed E-state index contributed by atoms with van der Waals surface area (Å²) in [6.45, 7) is 7.05. The minimum absolute atomic E-state index is 0.366. The predicted molar refractivity (Wildman–Crippen MR) is 225 cm³/mol. The monoisotopic (exact) mass is 688 g/mol. The van der Waals surface area contributed by atoms with Crippen molar-refractivity contribution in [2.24, 2.45) is 0 Å². The highest BCUT2D eigenvalue weighted by Gasteiger charge is 2.21. The van der Waals surface area contributed by atoms with Crippen molar-refractivity contribution in [2.45, 2.75) is 225 Å². The first-order chi connectivity index (χ1) is 24.9. The van der Waals surface area contributed by atoms with E-state index >= 15 is 0 Å². The summed E-state index contributed by atoms with van der Waals surface area (Å²) >= 11 is 0. The third-order valence-electron chi connectivity index (χ3n) is 11.2. The maximum atomic E-state index is 2.83. The Balaban J connectivity index is 1.63. The summed E-state index contributed by atoms with van der Waals surface area (Å²) in [6, 6.07) is 23.0. The van der Waals surface area contributed by atoms with Crippen LogP contribution in [0.1, 0.15) is 236 Å². The number of unbranched alkanes of at least 4 members (excludes halogenated alkanes) is 30. The topological polar surface area (TPSA) is 3.24 Å². The van der Waals surface area contributed by atoms with Crippen molar-refractivity contribution in [3.63, 3.8) is 0 Å². The molecular weight excluding hydrogens is 603 g/mol. The van der Waals surface area contributed by atoms with Gasteiger partial charge in [0.25, 0.3) is 0 Å². The van der Waals surface area contributed by atoms with E-state index in [-0.39, 0.29) is 0 Å². The average molecular weight is 688 g/mol. The van der Waals surface area contributed by atoms with Crippen molar-refractivity contribution >= 4 is 0 Å². The molecule has 0 radical (unpaired) electrons. The molecule has 0 atom stereocenters. The van der Waals surface area contributed by atoms with Crippen LogP contribution in [0.4, 0.5) is 0 Å². The van der Waals surface area contributed by atoms with Gasteiger partial charge >= 0.3 is 0 Å². The first-order valence-corrected chi connectivity index (χ1v) is 22.7. The van der Waals surface area contributed by atoms with Crippen LogP contribution in [0.15, 0.2) is 60.7 Å². The van der Waals surface area contributed by atoms with Gasteiger partial charge in [0, 0.05) is 0 Å². The second-order valence-corrected chi connectivity index (χ2v) is 15.9. The van der Waals surface area contributed by atoms with Crippen molar-refractivity contribution in [3.05, 3.63) is 71.8 Å². The Bertz CT molecular complexity index is 847. The van der Waals surface area contributed by atoms with Crippen LogP contribution in [-0.2, 0) is 0 Å². The van der Waals surface area contributed by atoms with Gasteiger partial charge in [0.05, 0.1) is 6.04 Å². The van der Waals surface area contributed by atoms with E-state index in [1.807, 2.05) is 0 Å². The molecule has 0 saturated heterocycles. The molecule has 2 aromatic carbocycles. The molecule has 1 heteroatoms. The van der Waals surface area contributed by atoms with Gasteiger partial charge in [-0.3, -0.25) is 4.90 Å². The Morgan fingerprint density at radius 2 is 0.520 bits per heavy atom. The van der Waals surface area contributed by atoms with Crippen molar-refractivity contribution in [1.29, 1.82) is 0 Å². The lowest BCUT2D eigenvalue weighted by Crippen LogP contribution is -2.31. The molecule has 0 saturated carbocycles. The fraction of sp³-hybridized carbons (Fsp3) is 0.755. The van der Waals surface area contributed by atoms with Crippen LogP contribution < -0.4 is 0 Å². The molecule has 0 fully saturated rings. The zero-order chi connectivity index (χ0) is 35.4. The Labute approximate surface area is 314 Å². The molecule has 50 heavy (non-hydrogen) atoms. The maximum Gasteiger partial charge on any atom is 0.0601 e. The lowest BCUT2D eigenvalue weighted by Gasteiger charge is -2.33. The molecule has 0 bridgehead atoms. The van der Waals surface area contributed by atoms with E-state index in [2.05, 4.69) is 79.4 Å². The minimum Gasteiger partial charge on any atom is -0.292 e. The van der Waals surface area contributed by atoms with Crippen molar-refractivity contribution in [1.82, 2.24) is 4.90 Å². The average Bonchev–Trinajstić information content (AvgIpc) is 3.15. The molecule has 1 nitrogen and oxygen atoms in total. The Morgan fingerprint density at radius 1 is 0.300 bits per heavy atom. The highest BCUT2D eigenvalue weighted by atomic mass is 15.2. The first-order valence-electron chi connectivity index (χ1n) is 22.7. The molecule has 0 aliphatic heterocycles. The van der Waals surface area contributed by atoms with Gasteiger partial charge < -0.3 is 0 Å². The lowest BCUT2D eigenvalue weighted by molar-refractivity contribution is 0.214. The fourth-order valence-corrected chi connectivity index (χ4v) is 7.98. The summed E-state index contributed by atoms with van der Waals surface area (Å²) in [5, 5.41) is 0.